The summed E-state index contributed by atoms with van der Waals surface area (Å²) in [5.41, 5.74) is 0.333. The molecule has 1 aliphatic carbocycles. The highest BCUT2D eigenvalue weighted by Gasteiger charge is 2.32. The third-order valence-electron chi connectivity index (χ3n) is 2.18. The van der Waals surface area contributed by atoms with Gasteiger partial charge < -0.3 is 5.11 Å². The zero-order valence-corrected chi connectivity index (χ0v) is 6.57. The van der Waals surface area contributed by atoms with Gasteiger partial charge in [-0.15, -0.1) is 0 Å². The molecule has 0 aliphatic heterocycles. The molecular weight excluding hydrogens is 157 g/mol. The predicted octanol–water partition coefficient (Wildman–Crippen LogP) is 1.66. The summed E-state index contributed by atoms with van der Waals surface area (Å²) >= 11 is 0. The lowest BCUT2D eigenvalue weighted by Crippen LogP contribution is -2.03. The Hall–Kier alpha value is -0.960. The van der Waals surface area contributed by atoms with Crippen molar-refractivity contribution >= 4 is 0 Å². The first-order chi connectivity index (χ1) is 5.79. The molecule has 3 heteroatoms. The van der Waals surface area contributed by atoms with Gasteiger partial charge in [0.05, 0.1) is 6.10 Å². The van der Waals surface area contributed by atoms with Gasteiger partial charge in [-0.05, 0) is 24.8 Å². The van der Waals surface area contributed by atoms with Crippen molar-refractivity contribution in [2.45, 2.75) is 18.9 Å². The topological polar surface area (TPSA) is 33.1 Å². The molecule has 0 amide bonds. The maximum absolute atomic E-state index is 13.0. The quantitative estimate of drug-likeness (QED) is 0.679. The second-order valence-corrected chi connectivity index (χ2v) is 3.17. The van der Waals surface area contributed by atoms with Crippen molar-refractivity contribution < 1.29 is 9.50 Å². The van der Waals surface area contributed by atoms with Crippen LogP contribution in [0.1, 0.15) is 24.5 Å². The Morgan fingerprint density at radius 3 is 2.92 bits per heavy atom. The summed E-state index contributed by atoms with van der Waals surface area (Å²) in [6.07, 6.45) is 2.72. The first-order valence-electron chi connectivity index (χ1n) is 4.07. The SMILES string of the molecule is OC(c1cccnc1F)C1CC1. The van der Waals surface area contributed by atoms with E-state index in [2.05, 4.69) is 4.98 Å². The Kier molecular flexibility index (Phi) is 1.81. The van der Waals surface area contributed by atoms with E-state index in [1.807, 2.05) is 0 Å². The number of pyridine rings is 1. The molecule has 2 rings (SSSR count). The average molecular weight is 167 g/mol. The fourth-order valence-electron chi connectivity index (χ4n) is 1.28. The summed E-state index contributed by atoms with van der Waals surface area (Å²) in [5, 5.41) is 9.56. The van der Waals surface area contributed by atoms with E-state index in [0.29, 0.717) is 5.56 Å². The lowest BCUT2D eigenvalue weighted by molar-refractivity contribution is 0.148. The van der Waals surface area contributed by atoms with Gasteiger partial charge >= 0.3 is 0 Å². The normalized spacial score (nSPS) is 19.2. The van der Waals surface area contributed by atoms with Crippen molar-refractivity contribution in [1.29, 1.82) is 0 Å². The number of hydrogen-bond acceptors (Lipinski definition) is 2. The Labute approximate surface area is 70.1 Å². The van der Waals surface area contributed by atoms with Crippen LogP contribution in [0.3, 0.4) is 0 Å². The fourth-order valence-corrected chi connectivity index (χ4v) is 1.28. The lowest BCUT2D eigenvalue weighted by atomic mass is 10.1. The highest BCUT2D eigenvalue weighted by atomic mass is 19.1. The van der Waals surface area contributed by atoms with Gasteiger partial charge in [-0.2, -0.15) is 4.39 Å². The maximum Gasteiger partial charge on any atom is 0.218 e. The summed E-state index contributed by atoms with van der Waals surface area (Å²) in [6, 6.07) is 3.23. The molecule has 12 heavy (non-hydrogen) atoms. The van der Waals surface area contributed by atoms with Gasteiger partial charge in [0.25, 0.3) is 0 Å². The summed E-state index contributed by atoms with van der Waals surface area (Å²) in [6.45, 7) is 0. The number of halogens is 1. The van der Waals surface area contributed by atoms with E-state index in [4.69, 9.17) is 0 Å². The molecule has 0 radical (unpaired) electrons. The van der Waals surface area contributed by atoms with Crippen LogP contribution in [0.2, 0.25) is 0 Å². The van der Waals surface area contributed by atoms with Crippen LogP contribution in [0, 0.1) is 11.9 Å². The lowest BCUT2D eigenvalue weighted by Gasteiger charge is -2.08. The molecule has 1 fully saturated rings. The van der Waals surface area contributed by atoms with E-state index in [1.165, 1.54) is 6.20 Å². The molecule has 1 unspecified atom stereocenters. The Morgan fingerprint density at radius 1 is 1.58 bits per heavy atom. The molecule has 1 saturated carbocycles. The van der Waals surface area contributed by atoms with Crippen LogP contribution in [0.4, 0.5) is 4.39 Å². The van der Waals surface area contributed by atoms with Crippen molar-refractivity contribution in [3.8, 4) is 0 Å². The Morgan fingerprint density at radius 2 is 2.33 bits per heavy atom. The first kappa shape index (κ1) is 7.68. The van der Waals surface area contributed by atoms with E-state index in [9.17, 15) is 9.50 Å². The van der Waals surface area contributed by atoms with Crippen molar-refractivity contribution in [3.05, 3.63) is 29.8 Å². The molecule has 64 valence electrons. The minimum Gasteiger partial charge on any atom is -0.388 e. The number of aliphatic hydroxyl groups excluding tert-OH is 1. The van der Waals surface area contributed by atoms with E-state index < -0.39 is 12.1 Å². The zero-order chi connectivity index (χ0) is 8.55. The van der Waals surface area contributed by atoms with Gasteiger partial charge in [0.15, 0.2) is 0 Å². The highest BCUT2D eigenvalue weighted by Crippen LogP contribution is 2.41. The standard InChI is InChI=1S/C9H10FNO/c10-9-7(2-1-5-11-9)8(12)6-3-4-6/h1-2,5-6,8,12H,3-4H2. The minimum atomic E-state index is -0.654. The molecule has 0 aromatic carbocycles. The van der Waals surface area contributed by atoms with Crippen LogP contribution in [0.5, 0.6) is 0 Å². The average Bonchev–Trinajstić information content (AvgIpc) is 2.86. The number of aliphatic hydroxyl groups is 1. The molecule has 2 nitrogen and oxygen atoms in total. The number of nitrogens with zero attached hydrogens (tertiary/aromatic N) is 1. The van der Waals surface area contributed by atoms with Crippen LogP contribution in [-0.2, 0) is 0 Å². The van der Waals surface area contributed by atoms with Gasteiger partial charge in [-0.25, -0.2) is 4.98 Å². The van der Waals surface area contributed by atoms with E-state index in [-0.39, 0.29) is 5.92 Å². The van der Waals surface area contributed by atoms with Crippen LogP contribution >= 0.6 is 0 Å². The fraction of sp³-hybridized carbons (Fsp3) is 0.444. The summed E-state index contributed by atoms with van der Waals surface area (Å²) < 4.78 is 13.0. The molecule has 1 atom stereocenters. The summed E-state index contributed by atoms with van der Waals surface area (Å²) in [5.74, 6) is -0.291. The number of hydrogen-bond donors (Lipinski definition) is 1. The van der Waals surface area contributed by atoms with Crippen molar-refractivity contribution in [1.82, 2.24) is 4.98 Å². The molecule has 1 aromatic heterocycles. The Balaban J connectivity index is 2.25. The maximum atomic E-state index is 13.0. The van der Waals surface area contributed by atoms with Crippen molar-refractivity contribution in [2.24, 2.45) is 5.92 Å². The third-order valence-corrected chi connectivity index (χ3v) is 2.18. The van der Waals surface area contributed by atoms with Gasteiger partial charge in [0.2, 0.25) is 5.95 Å². The molecular formula is C9H10FNO. The first-order valence-corrected chi connectivity index (χ1v) is 4.07. The third kappa shape index (κ3) is 1.32. The molecule has 1 heterocycles. The van der Waals surface area contributed by atoms with Gasteiger partial charge in [0, 0.05) is 11.8 Å². The second-order valence-electron chi connectivity index (χ2n) is 3.17. The molecule has 1 aliphatic rings. The predicted molar refractivity (Wildman–Crippen MR) is 41.9 cm³/mol. The largest absolute Gasteiger partial charge is 0.388 e. The van der Waals surface area contributed by atoms with Crippen LogP contribution in [0.15, 0.2) is 18.3 Å². The molecule has 1 N–H and O–H groups in total. The monoisotopic (exact) mass is 167 g/mol. The van der Waals surface area contributed by atoms with Crippen LogP contribution < -0.4 is 0 Å². The highest BCUT2D eigenvalue weighted by molar-refractivity contribution is 5.16. The number of rotatable bonds is 2. The van der Waals surface area contributed by atoms with E-state index in [1.54, 1.807) is 12.1 Å². The minimum absolute atomic E-state index is 0.253. The van der Waals surface area contributed by atoms with E-state index in [0.717, 1.165) is 12.8 Å². The van der Waals surface area contributed by atoms with E-state index >= 15 is 0 Å². The van der Waals surface area contributed by atoms with Gasteiger partial charge in [0.1, 0.15) is 0 Å². The summed E-state index contributed by atoms with van der Waals surface area (Å²) in [4.78, 5) is 3.48. The Bertz CT molecular complexity index is 286. The van der Waals surface area contributed by atoms with Crippen LogP contribution in [-0.4, -0.2) is 10.1 Å². The molecule has 0 bridgehead atoms. The zero-order valence-electron chi connectivity index (χ0n) is 6.57. The number of aromatic nitrogens is 1. The van der Waals surface area contributed by atoms with Crippen molar-refractivity contribution in [3.63, 3.8) is 0 Å². The molecule has 0 spiro atoms. The summed E-state index contributed by atoms with van der Waals surface area (Å²) in [7, 11) is 0. The molecule has 1 aromatic rings. The van der Waals surface area contributed by atoms with Gasteiger partial charge in [-0.3, -0.25) is 0 Å². The van der Waals surface area contributed by atoms with Gasteiger partial charge in [-0.1, -0.05) is 6.07 Å². The van der Waals surface area contributed by atoms with Crippen molar-refractivity contribution in [2.75, 3.05) is 0 Å². The smallest absolute Gasteiger partial charge is 0.218 e. The van der Waals surface area contributed by atoms with Crippen LogP contribution in [0.25, 0.3) is 0 Å². The molecule has 0 saturated heterocycles. The second kappa shape index (κ2) is 2.83.